The highest BCUT2D eigenvalue weighted by Crippen LogP contribution is 2.38. The minimum absolute atomic E-state index is 0.161. The second-order valence-electron chi connectivity index (χ2n) is 8.89. The van der Waals surface area contributed by atoms with Crippen LogP contribution in [0.4, 0.5) is 0 Å². The number of nitrogens with zero attached hydrogens (tertiary/aromatic N) is 3. The summed E-state index contributed by atoms with van der Waals surface area (Å²) in [6, 6.07) is 10.4. The van der Waals surface area contributed by atoms with Crippen LogP contribution in [-0.2, 0) is 4.79 Å². The largest absolute Gasteiger partial charge is 0.497 e. The van der Waals surface area contributed by atoms with Gasteiger partial charge in [-0.15, -0.1) is 0 Å². The molecule has 0 N–H and O–H groups in total. The summed E-state index contributed by atoms with van der Waals surface area (Å²) in [6.45, 7) is 8.74. The van der Waals surface area contributed by atoms with Crippen LogP contribution in [-0.4, -0.2) is 49.8 Å². The summed E-state index contributed by atoms with van der Waals surface area (Å²) in [6.07, 6.45) is 1.86. The van der Waals surface area contributed by atoms with Gasteiger partial charge in [-0.2, -0.15) is 0 Å². The Morgan fingerprint density at radius 3 is 2.29 bits per heavy atom. The minimum atomic E-state index is -0.733. The van der Waals surface area contributed by atoms with E-state index >= 15 is 0 Å². The Hall–Kier alpha value is -3.85. The monoisotopic (exact) mass is 535 g/mol. The fourth-order valence-electron chi connectivity index (χ4n) is 4.70. The van der Waals surface area contributed by atoms with Gasteiger partial charge in [0.05, 0.1) is 37.1 Å². The number of methoxy groups -OCH3 is 3. The first-order valence-corrected chi connectivity index (χ1v) is 13.3. The number of rotatable bonds is 8. The highest BCUT2D eigenvalue weighted by Gasteiger charge is 2.36. The topological polar surface area (TPSA) is 82.4 Å². The Labute approximate surface area is 226 Å². The van der Waals surface area contributed by atoms with E-state index in [1.165, 1.54) is 11.3 Å². The van der Waals surface area contributed by atoms with E-state index in [2.05, 4.69) is 0 Å². The Morgan fingerprint density at radius 1 is 1.03 bits per heavy atom. The zero-order valence-electron chi connectivity index (χ0n) is 22.8. The van der Waals surface area contributed by atoms with Gasteiger partial charge in [-0.25, -0.2) is 4.99 Å². The van der Waals surface area contributed by atoms with E-state index < -0.39 is 6.04 Å². The van der Waals surface area contributed by atoms with E-state index in [1.54, 1.807) is 42.9 Å². The first-order valence-electron chi connectivity index (χ1n) is 12.5. The van der Waals surface area contributed by atoms with Gasteiger partial charge in [-0.1, -0.05) is 17.4 Å². The van der Waals surface area contributed by atoms with Gasteiger partial charge in [0.2, 0.25) is 0 Å². The number of aryl methyl sites for hydroxylation is 1. The number of likely N-dealkylation sites (N-methyl/N-ethyl adjacent to an activating group) is 1. The first kappa shape index (κ1) is 27.2. The maximum Gasteiger partial charge on any atom is 0.271 e. The van der Waals surface area contributed by atoms with Gasteiger partial charge in [0, 0.05) is 18.7 Å². The molecule has 8 nitrogen and oxygen atoms in total. The van der Waals surface area contributed by atoms with Gasteiger partial charge in [0.1, 0.15) is 23.3 Å². The van der Waals surface area contributed by atoms with Crippen LogP contribution in [0.2, 0.25) is 0 Å². The molecule has 1 aliphatic rings. The maximum absolute atomic E-state index is 14.0. The van der Waals surface area contributed by atoms with Gasteiger partial charge >= 0.3 is 0 Å². The smallest absolute Gasteiger partial charge is 0.271 e. The number of aromatic nitrogens is 1. The molecule has 4 rings (SSSR count). The van der Waals surface area contributed by atoms with E-state index in [1.807, 2.05) is 58.0 Å². The van der Waals surface area contributed by atoms with Crippen molar-refractivity contribution in [2.45, 2.75) is 33.7 Å². The zero-order chi connectivity index (χ0) is 27.6. The predicted molar refractivity (Wildman–Crippen MR) is 149 cm³/mol. The summed E-state index contributed by atoms with van der Waals surface area (Å²) < 4.78 is 18.7. The Bertz CT molecular complexity index is 1580. The van der Waals surface area contributed by atoms with E-state index in [4.69, 9.17) is 19.2 Å². The van der Waals surface area contributed by atoms with Crippen LogP contribution < -0.4 is 29.1 Å². The normalized spacial score (nSPS) is 15.1. The number of hydrogen-bond donors (Lipinski definition) is 0. The summed E-state index contributed by atoms with van der Waals surface area (Å²) in [5, 5.41) is 0. The molecule has 3 aromatic rings. The molecule has 200 valence electrons. The molecular formula is C29H33N3O5S. The highest BCUT2D eigenvalue weighted by atomic mass is 32.1. The Balaban J connectivity index is 2.02. The standard InChI is InChI=1S/C29H33N3O5S/c1-8-31(9-2)28(34)25-18(4)30-29-32(26(25)22-16-21(36-6)12-13-23(22)37-7)27(33)24(38-29)15-19-10-11-20(35-5)14-17(19)3/h10-16,26H,8-9H2,1-7H3/b24-15+/t26-/m0/s1. The number of thiazole rings is 1. The van der Waals surface area contributed by atoms with Crippen molar-refractivity contribution >= 4 is 23.3 Å². The number of hydrogen-bond acceptors (Lipinski definition) is 7. The Kier molecular flexibility index (Phi) is 8.06. The lowest BCUT2D eigenvalue weighted by molar-refractivity contribution is -0.127. The second kappa shape index (κ2) is 11.3. The van der Waals surface area contributed by atoms with Crippen LogP contribution in [0.25, 0.3) is 6.08 Å². The second-order valence-corrected chi connectivity index (χ2v) is 9.90. The van der Waals surface area contributed by atoms with Crippen LogP contribution >= 0.6 is 11.3 Å². The lowest BCUT2D eigenvalue weighted by Crippen LogP contribution is -2.43. The number of carbonyl (C=O) groups is 1. The van der Waals surface area contributed by atoms with Crippen molar-refractivity contribution in [3.8, 4) is 17.2 Å². The van der Waals surface area contributed by atoms with Crippen molar-refractivity contribution < 1.29 is 19.0 Å². The molecule has 0 aliphatic carbocycles. The molecule has 0 saturated carbocycles. The molecule has 0 radical (unpaired) electrons. The minimum Gasteiger partial charge on any atom is -0.497 e. The quantitative estimate of drug-likeness (QED) is 0.442. The van der Waals surface area contributed by atoms with Crippen molar-refractivity contribution in [2.24, 2.45) is 4.99 Å². The van der Waals surface area contributed by atoms with Gasteiger partial charge in [-0.3, -0.25) is 14.2 Å². The lowest BCUT2D eigenvalue weighted by Gasteiger charge is -2.30. The summed E-state index contributed by atoms with van der Waals surface area (Å²) in [7, 11) is 4.78. The molecule has 0 fully saturated rings. The zero-order valence-corrected chi connectivity index (χ0v) is 23.6. The van der Waals surface area contributed by atoms with Crippen molar-refractivity contribution in [3.63, 3.8) is 0 Å². The molecule has 0 unspecified atom stereocenters. The molecule has 0 saturated heterocycles. The molecule has 9 heteroatoms. The number of ether oxygens (including phenoxy) is 3. The molecule has 2 heterocycles. The summed E-state index contributed by atoms with van der Waals surface area (Å²) in [5.74, 6) is 1.74. The van der Waals surface area contributed by atoms with E-state index in [0.29, 0.717) is 50.8 Å². The average Bonchev–Trinajstić information content (AvgIpc) is 3.23. The van der Waals surface area contributed by atoms with Gasteiger partial charge in [0.25, 0.3) is 11.5 Å². The van der Waals surface area contributed by atoms with Gasteiger partial charge < -0.3 is 19.1 Å². The number of carbonyl (C=O) groups excluding carboxylic acids is 1. The third kappa shape index (κ3) is 4.86. The van der Waals surface area contributed by atoms with Gasteiger partial charge in [-0.05, 0) is 75.2 Å². The molecule has 0 bridgehead atoms. The van der Waals surface area contributed by atoms with Crippen molar-refractivity contribution in [1.82, 2.24) is 9.47 Å². The van der Waals surface area contributed by atoms with Crippen molar-refractivity contribution in [3.05, 3.63) is 84.0 Å². The number of amides is 1. The van der Waals surface area contributed by atoms with Crippen LogP contribution in [0.15, 0.2) is 57.5 Å². The number of fused-ring (bicyclic) bond motifs is 1. The van der Waals surface area contributed by atoms with Crippen molar-refractivity contribution in [2.75, 3.05) is 34.4 Å². The van der Waals surface area contributed by atoms with E-state index in [0.717, 1.165) is 16.9 Å². The predicted octanol–water partition coefficient (Wildman–Crippen LogP) is 3.44. The highest BCUT2D eigenvalue weighted by molar-refractivity contribution is 7.07. The molecule has 1 amide bonds. The molecule has 38 heavy (non-hydrogen) atoms. The van der Waals surface area contributed by atoms with Crippen molar-refractivity contribution in [1.29, 1.82) is 0 Å². The summed E-state index contributed by atoms with van der Waals surface area (Å²) in [5.41, 5.74) is 3.34. The molecule has 0 spiro atoms. The summed E-state index contributed by atoms with van der Waals surface area (Å²) >= 11 is 1.30. The van der Waals surface area contributed by atoms with Crippen LogP contribution in [0.3, 0.4) is 0 Å². The van der Waals surface area contributed by atoms with Crippen LogP contribution in [0.1, 0.15) is 43.5 Å². The van der Waals surface area contributed by atoms with E-state index in [-0.39, 0.29) is 11.5 Å². The van der Waals surface area contributed by atoms with Gasteiger partial charge in [0.15, 0.2) is 4.80 Å². The van der Waals surface area contributed by atoms with Crippen LogP contribution in [0, 0.1) is 6.92 Å². The molecule has 1 aliphatic heterocycles. The number of benzene rings is 2. The fourth-order valence-corrected chi connectivity index (χ4v) is 5.74. The van der Waals surface area contributed by atoms with E-state index in [9.17, 15) is 9.59 Å². The number of allylic oxidation sites excluding steroid dienone is 1. The molecule has 2 aromatic carbocycles. The third-order valence-corrected chi connectivity index (χ3v) is 7.78. The average molecular weight is 536 g/mol. The maximum atomic E-state index is 14.0. The Morgan fingerprint density at radius 2 is 1.68 bits per heavy atom. The molecule has 1 aromatic heterocycles. The summed E-state index contributed by atoms with van der Waals surface area (Å²) in [4.78, 5) is 34.9. The van der Waals surface area contributed by atoms with Crippen LogP contribution in [0.5, 0.6) is 17.2 Å². The fraction of sp³-hybridized carbons (Fsp3) is 0.345. The SMILES string of the molecule is CCN(CC)C(=O)C1=C(C)N=c2s/c(=C/c3ccc(OC)cc3C)c(=O)n2[C@H]1c1cc(OC)ccc1OC. The third-order valence-electron chi connectivity index (χ3n) is 6.80. The molecule has 1 atom stereocenters. The lowest BCUT2D eigenvalue weighted by atomic mass is 9.93. The first-order chi connectivity index (χ1) is 18.3. The molecular weight excluding hydrogens is 502 g/mol.